The maximum Gasteiger partial charge on any atom is 0.341 e. The number of carboxylic acids is 1. The summed E-state index contributed by atoms with van der Waals surface area (Å²) < 4.78 is 5.19. The van der Waals surface area contributed by atoms with Gasteiger partial charge in [-0.25, -0.2) is 4.79 Å². The standard InChI is InChI=1S/C25H25NO4/c27-24(15-14-19-8-7-13-22(16-19)30-18-25(28)29)26-17-23(20-9-3-1-4-10-20)21-11-5-2-6-12-21/h1-13,16,23H,14-15,17-18H2,(H,26,27)(H,28,29). The van der Waals surface area contributed by atoms with Gasteiger partial charge >= 0.3 is 5.97 Å². The van der Waals surface area contributed by atoms with Gasteiger partial charge in [-0.1, -0.05) is 72.8 Å². The molecule has 0 spiro atoms. The molecule has 30 heavy (non-hydrogen) atoms. The summed E-state index contributed by atoms with van der Waals surface area (Å²) in [4.78, 5) is 23.1. The first-order valence-electron chi connectivity index (χ1n) is 9.92. The van der Waals surface area contributed by atoms with E-state index in [1.165, 1.54) is 0 Å². The molecule has 0 aliphatic heterocycles. The SMILES string of the molecule is O=C(O)COc1cccc(CCC(=O)NCC(c2ccccc2)c2ccccc2)c1. The lowest BCUT2D eigenvalue weighted by Gasteiger charge is -2.19. The number of amides is 1. The summed E-state index contributed by atoms with van der Waals surface area (Å²) in [5, 5.41) is 11.8. The van der Waals surface area contributed by atoms with Gasteiger partial charge in [0.2, 0.25) is 5.91 Å². The zero-order valence-electron chi connectivity index (χ0n) is 16.7. The van der Waals surface area contributed by atoms with Crippen LogP contribution in [0.15, 0.2) is 84.9 Å². The van der Waals surface area contributed by atoms with Crippen LogP contribution in [0.25, 0.3) is 0 Å². The van der Waals surface area contributed by atoms with Gasteiger partial charge in [-0.05, 0) is 35.2 Å². The topological polar surface area (TPSA) is 75.6 Å². The maximum absolute atomic E-state index is 12.5. The molecule has 2 N–H and O–H groups in total. The molecule has 0 aromatic heterocycles. The molecule has 1 amide bonds. The second-order valence-electron chi connectivity index (χ2n) is 7.01. The van der Waals surface area contributed by atoms with Crippen molar-refractivity contribution in [3.05, 3.63) is 102 Å². The average Bonchev–Trinajstić information content (AvgIpc) is 2.78. The Labute approximate surface area is 176 Å². The van der Waals surface area contributed by atoms with Gasteiger partial charge in [0.1, 0.15) is 5.75 Å². The summed E-state index contributed by atoms with van der Waals surface area (Å²) in [5.74, 6) is -0.470. The van der Waals surface area contributed by atoms with Gasteiger partial charge in [0, 0.05) is 18.9 Å². The molecule has 0 aliphatic carbocycles. The highest BCUT2D eigenvalue weighted by Gasteiger charge is 2.15. The highest BCUT2D eigenvalue weighted by molar-refractivity contribution is 5.76. The van der Waals surface area contributed by atoms with Crippen molar-refractivity contribution in [2.24, 2.45) is 0 Å². The monoisotopic (exact) mass is 403 g/mol. The molecule has 0 unspecified atom stereocenters. The molecule has 0 atom stereocenters. The number of aryl methyl sites for hydroxylation is 1. The second-order valence-corrected chi connectivity index (χ2v) is 7.01. The third kappa shape index (κ3) is 6.48. The van der Waals surface area contributed by atoms with Crippen molar-refractivity contribution < 1.29 is 19.4 Å². The van der Waals surface area contributed by atoms with Crippen LogP contribution in [-0.4, -0.2) is 30.1 Å². The number of hydrogen-bond acceptors (Lipinski definition) is 3. The van der Waals surface area contributed by atoms with E-state index in [-0.39, 0.29) is 18.4 Å². The maximum atomic E-state index is 12.5. The van der Waals surface area contributed by atoms with E-state index in [0.717, 1.165) is 16.7 Å². The van der Waals surface area contributed by atoms with Crippen molar-refractivity contribution in [3.63, 3.8) is 0 Å². The van der Waals surface area contributed by atoms with E-state index in [1.807, 2.05) is 42.5 Å². The lowest BCUT2D eigenvalue weighted by atomic mass is 9.91. The average molecular weight is 403 g/mol. The molecule has 0 aliphatic rings. The fourth-order valence-corrected chi connectivity index (χ4v) is 3.30. The summed E-state index contributed by atoms with van der Waals surface area (Å²) in [6.45, 7) is 0.138. The van der Waals surface area contributed by atoms with Crippen LogP contribution in [0.1, 0.15) is 29.0 Å². The number of aliphatic carboxylic acids is 1. The predicted molar refractivity (Wildman–Crippen MR) is 116 cm³/mol. The van der Waals surface area contributed by atoms with Crippen LogP contribution in [0.2, 0.25) is 0 Å². The van der Waals surface area contributed by atoms with Crippen molar-refractivity contribution in [2.45, 2.75) is 18.8 Å². The summed E-state index contributed by atoms with van der Waals surface area (Å²) in [5.41, 5.74) is 3.25. The first-order chi connectivity index (χ1) is 14.6. The lowest BCUT2D eigenvalue weighted by molar-refractivity contribution is -0.139. The molecule has 3 rings (SSSR count). The van der Waals surface area contributed by atoms with Crippen molar-refractivity contribution in [1.29, 1.82) is 0 Å². The van der Waals surface area contributed by atoms with Crippen molar-refractivity contribution in [3.8, 4) is 5.75 Å². The molecular weight excluding hydrogens is 378 g/mol. The van der Waals surface area contributed by atoms with E-state index in [9.17, 15) is 9.59 Å². The van der Waals surface area contributed by atoms with Gasteiger partial charge in [0.25, 0.3) is 0 Å². The molecule has 0 radical (unpaired) electrons. The Hall–Kier alpha value is -3.60. The van der Waals surface area contributed by atoms with Gasteiger partial charge in [0.05, 0.1) is 0 Å². The molecule has 0 heterocycles. The van der Waals surface area contributed by atoms with Crippen molar-refractivity contribution in [1.82, 2.24) is 5.32 Å². The van der Waals surface area contributed by atoms with Gasteiger partial charge < -0.3 is 15.2 Å². The molecule has 154 valence electrons. The van der Waals surface area contributed by atoms with Crippen molar-refractivity contribution in [2.75, 3.05) is 13.2 Å². The van der Waals surface area contributed by atoms with Gasteiger partial charge in [-0.2, -0.15) is 0 Å². The molecule has 5 nitrogen and oxygen atoms in total. The molecule has 5 heteroatoms. The van der Waals surface area contributed by atoms with Crippen LogP contribution in [-0.2, 0) is 16.0 Å². The smallest absolute Gasteiger partial charge is 0.341 e. The molecule has 0 saturated heterocycles. The minimum absolute atomic E-state index is 0.0243. The Balaban J connectivity index is 1.56. The Morgan fingerprint density at radius 3 is 2.10 bits per heavy atom. The lowest BCUT2D eigenvalue weighted by Crippen LogP contribution is -2.29. The highest BCUT2D eigenvalue weighted by Crippen LogP contribution is 2.23. The minimum Gasteiger partial charge on any atom is -0.482 e. The Bertz CT molecular complexity index is 918. The Morgan fingerprint density at radius 2 is 1.50 bits per heavy atom. The van der Waals surface area contributed by atoms with Crippen LogP contribution in [0.5, 0.6) is 5.75 Å². The number of carbonyl (C=O) groups is 2. The number of carbonyl (C=O) groups excluding carboxylic acids is 1. The summed E-state index contributed by atoms with van der Waals surface area (Å²) in [6, 6.07) is 27.5. The first-order valence-corrected chi connectivity index (χ1v) is 9.92. The number of hydrogen-bond donors (Lipinski definition) is 2. The zero-order valence-corrected chi connectivity index (χ0v) is 16.7. The third-order valence-corrected chi connectivity index (χ3v) is 4.81. The molecule has 0 fully saturated rings. The summed E-state index contributed by atoms with van der Waals surface area (Å²) in [7, 11) is 0. The largest absolute Gasteiger partial charge is 0.482 e. The highest BCUT2D eigenvalue weighted by atomic mass is 16.5. The zero-order chi connectivity index (χ0) is 21.2. The molecule has 0 saturated carbocycles. The van der Waals surface area contributed by atoms with Crippen LogP contribution < -0.4 is 10.1 Å². The predicted octanol–water partition coefficient (Wildman–Crippen LogP) is 4.03. The van der Waals surface area contributed by atoms with E-state index >= 15 is 0 Å². The fourth-order valence-electron chi connectivity index (χ4n) is 3.30. The molecule has 3 aromatic carbocycles. The second kappa shape index (κ2) is 10.8. The number of benzene rings is 3. The Morgan fingerprint density at radius 1 is 0.867 bits per heavy atom. The first kappa shape index (κ1) is 21.1. The minimum atomic E-state index is -1.02. The summed E-state index contributed by atoms with van der Waals surface area (Å²) in [6.07, 6.45) is 0.899. The quantitative estimate of drug-likeness (QED) is 0.536. The van der Waals surface area contributed by atoms with E-state index < -0.39 is 5.97 Å². The van der Waals surface area contributed by atoms with Crippen LogP contribution in [0.3, 0.4) is 0 Å². The van der Waals surface area contributed by atoms with Gasteiger partial charge in [-0.3, -0.25) is 4.79 Å². The van der Waals surface area contributed by atoms with Crippen molar-refractivity contribution >= 4 is 11.9 Å². The van der Waals surface area contributed by atoms with E-state index in [4.69, 9.17) is 9.84 Å². The van der Waals surface area contributed by atoms with Gasteiger partial charge in [0.15, 0.2) is 6.61 Å². The third-order valence-electron chi connectivity index (χ3n) is 4.81. The Kier molecular flexibility index (Phi) is 7.61. The van der Waals surface area contributed by atoms with E-state index in [1.54, 1.807) is 18.2 Å². The summed E-state index contributed by atoms with van der Waals surface area (Å²) >= 11 is 0. The number of nitrogens with one attached hydrogen (secondary N) is 1. The molecule has 0 bridgehead atoms. The van der Waals surface area contributed by atoms with Gasteiger partial charge in [-0.15, -0.1) is 0 Å². The van der Waals surface area contributed by atoms with Crippen LogP contribution in [0, 0.1) is 0 Å². The fraction of sp³-hybridized carbons (Fsp3) is 0.200. The van der Waals surface area contributed by atoms with E-state index in [0.29, 0.717) is 25.1 Å². The normalized spacial score (nSPS) is 10.6. The molecule has 3 aromatic rings. The number of rotatable bonds is 10. The number of carboxylic acid groups (broad SMARTS) is 1. The van der Waals surface area contributed by atoms with E-state index in [2.05, 4.69) is 29.6 Å². The van der Waals surface area contributed by atoms with Crippen LogP contribution in [0.4, 0.5) is 0 Å². The van der Waals surface area contributed by atoms with Crippen LogP contribution >= 0.6 is 0 Å². The molecular formula is C25H25NO4. The number of ether oxygens (including phenoxy) is 1.